The minimum Gasteiger partial charge on any atom is -0.340 e. The first-order valence-electron chi connectivity index (χ1n) is 5.55. The van der Waals surface area contributed by atoms with E-state index in [1.807, 2.05) is 48.5 Å². The lowest BCUT2D eigenvalue weighted by Gasteiger charge is -2.07. The highest BCUT2D eigenvalue weighted by Crippen LogP contribution is 2.23. The molecule has 0 bridgehead atoms. The molecule has 3 rings (SSSR count). The molecule has 0 aliphatic heterocycles. The van der Waals surface area contributed by atoms with Gasteiger partial charge in [-0.1, -0.05) is 23.7 Å². The molecule has 1 heterocycles. The second-order valence-corrected chi connectivity index (χ2v) is 4.31. The topological polar surface area (TPSA) is 37.8 Å². The Kier molecular flexibility index (Phi) is 4.20. The van der Waals surface area contributed by atoms with Crippen LogP contribution in [0.15, 0.2) is 54.9 Å². The van der Waals surface area contributed by atoms with Gasteiger partial charge < -0.3 is 5.32 Å². The smallest absolute Gasteiger partial charge is 0.141 e. The number of fused-ring (bicyclic) bond motifs is 1. The normalized spacial score (nSPS) is 9.95. The molecule has 19 heavy (non-hydrogen) atoms. The molecule has 0 unspecified atom stereocenters. The SMILES string of the molecule is Cl.Clc1ccc(Nc2ncnc3ccccc23)cc1. The maximum absolute atomic E-state index is 5.86. The second kappa shape index (κ2) is 5.87. The summed E-state index contributed by atoms with van der Waals surface area (Å²) in [5.41, 5.74) is 1.87. The van der Waals surface area contributed by atoms with E-state index in [9.17, 15) is 0 Å². The number of hydrogen-bond acceptors (Lipinski definition) is 3. The van der Waals surface area contributed by atoms with Gasteiger partial charge in [-0.3, -0.25) is 0 Å². The Morgan fingerprint density at radius 1 is 0.895 bits per heavy atom. The fraction of sp³-hybridized carbons (Fsp3) is 0. The van der Waals surface area contributed by atoms with Crippen LogP contribution in [0.3, 0.4) is 0 Å². The highest BCUT2D eigenvalue weighted by atomic mass is 35.5. The predicted octanol–water partition coefficient (Wildman–Crippen LogP) is 4.45. The Morgan fingerprint density at radius 3 is 2.42 bits per heavy atom. The van der Waals surface area contributed by atoms with Crippen LogP contribution in [0.25, 0.3) is 10.9 Å². The van der Waals surface area contributed by atoms with Crippen molar-refractivity contribution in [3.63, 3.8) is 0 Å². The Balaban J connectivity index is 0.00000133. The highest BCUT2D eigenvalue weighted by Gasteiger charge is 2.02. The van der Waals surface area contributed by atoms with E-state index in [1.54, 1.807) is 6.33 Å². The van der Waals surface area contributed by atoms with E-state index in [-0.39, 0.29) is 12.4 Å². The first kappa shape index (κ1) is 13.6. The monoisotopic (exact) mass is 291 g/mol. The van der Waals surface area contributed by atoms with Gasteiger partial charge in [-0.05, 0) is 36.4 Å². The minimum atomic E-state index is 0. The fourth-order valence-electron chi connectivity index (χ4n) is 1.77. The lowest BCUT2D eigenvalue weighted by Crippen LogP contribution is -1.95. The number of nitrogens with zero attached hydrogens (tertiary/aromatic N) is 2. The van der Waals surface area contributed by atoms with Gasteiger partial charge in [-0.2, -0.15) is 0 Å². The third-order valence-electron chi connectivity index (χ3n) is 2.65. The molecule has 3 nitrogen and oxygen atoms in total. The molecule has 1 N–H and O–H groups in total. The van der Waals surface area contributed by atoms with E-state index in [0.717, 1.165) is 22.4 Å². The summed E-state index contributed by atoms with van der Waals surface area (Å²) in [6.07, 6.45) is 1.56. The van der Waals surface area contributed by atoms with Crippen molar-refractivity contribution in [2.45, 2.75) is 0 Å². The van der Waals surface area contributed by atoms with Crippen molar-refractivity contribution >= 4 is 46.4 Å². The van der Waals surface area contributed by atoms with E-state index >= 15 is 0 Å². The summed E-state index contributed by atoms with van der Waals surface area (Å²) in [4.78, 5) is 8.49. The molecule has 0 aliphatic carbocycles. The maximum Gasteiger partial charge on any atom is 0.141 e. The zero-order chi connectivity index (χ0) is 12.4. The molecule has 0 saturated heterocycles. The first-order valence-corrected chi connectivity index (χ1v) is 5.93. The summed E-state index contributed by atoms with van der Waals surface area (Å²) in [6, 6.07) is 15.4. The fourth-order valence-corrected chi connectivity index (χ4v) is 1.90. The number of anilines is 2. The summed E-state index contributed by atoms with van der Waals surface area (Å²) < 4.78 is 0. The quantitative estimate of drug-likeness (QED) is 0.758. The van der Waals surface area contributed by atoms with Crippen molar-refractivity contribution in [1.29, 1.82) is 0 Å². The van der Waals surface area contributed by atoms with Crippen LogP contribution < -0.4 is 5.32 Å². The second-order valence-electron chi connectivity index (χ2n) is 3.87. The van der Waals surface area contributed by atoms with E-state index in [2.05, 4.69) is 15.3 Å². The Morgan fingerprint density at radius 2 is 1.63 bits per heavy atom. The lowest BCUT2D eigenvalue weighted by atomic mass is 10.2. The van der Waals surface area contributed by atoms with Crippen molar-refractivity contribution < 1.29 is 0 Å². The Bertz CT molecular complexity index is 678. The molecule has 0 aliphatic rings. The minimum absolute atomic E-state index is 0. The van der Waals surface area contributed by atoms with Gasteiger partial charge in [0.1, 0.15) is 12.1 Å². The van der Waals surface area contributed by atoms with Crippen molar-refractivity contribution in [3.05, 3.63) is 59.9 Å². The van der Waals surface area contributed by atoms with Gasteiger partial charge in [-0.15, -0.1) is 12.4 Å². The van der Waals surface area contributed by atoms with E-state index in [4.69, 9.17) is 11.6 Å². The van der Waals surface area contributed by atoms with Crippen molar-refractivity contribution in [2.75, 3.05) is 5.32 Å². The van der Waals surface area contributed by atoms with Crippen LogP contribution >= 0.6 is 24.0 Å². The van der Waals surface area contributed by atoms with Crippen molar-refractivity contribution in [3.8, 4) is 0 Å². The molecule has 1 aromatic heterocycles. The molecule has 96 valence electrons. The molecule has 0 atom stereocenters. The number of hydrogen-bond donors (Lipinski definition) is 1. The summed E-state index contributed by atoms with van der Waals surface area (Å²) in [5, 5.41) is 4.98. The van der Waals surface area contributed by atoms with Crippen LogP contribution in [-0.2, 0) is 0 Å². The van der Waals surface area contributed by atoms with Gasteiger partial charge in [0.15, 0.2) is 0 Å². The molecule has 0 fully saturated rings. The largest absolute Gasteiger partial charge is 0.340 e. The molecule has 0 spiro atoms. The van der Waals surface area contributed by atoms with Gasteiger partial charge in [0.05, 0.1) is 5.52 Å². The average molecular weight is 292 g/mol. The molecular weight excluding hydrogens is 281 g/mol. The van der Waals surface area contributed by atoms with Crippen molar-refractivity contribution in [1.82, 2.24) is 9.97 Å². The molecular formula is C14H11Cl2N3. The van der Waals surface area contributed by atoms with Crippen LogP contribution in [0.1, 0.15) is 0 Å². The van der Waals surface area contributed by atoms with Crippen molar-refractivity contribution in [2.24, 2.45) is 0 Å². The molecule has 0 saturated carbocycles. The zero-order valence-corrected chi connectivity index (χ0v) is 11.4. The van der Waals surface area contributed by atoms with Crippen LogP contribution in [-0.4, -0.2) is 9.97 Å². The van der Waals surface area contributed by atoms with Crippen LogP contribution in [0.2, 0.25) is 5.02 Å². The number of nitrogens with one attached hydrogen (secondary N) is 1. The van der Waals surface area contributed by atoms with E-state index in [0.29, 0.717) is 5.02 Å². The molecule has 3 aromatic rings. The molecule has 5 heteroatoms. The number of benzene rings is 2. The van der Waals surface area contributed by atoms with Crippen LogP contribution in [0.5, 0.6) is 0 Å². The summed E-state index contributed by atoms with van der Waals surface area (Å²) in [7, 11) is 0. The number of rotatable bonds is 2. The molecule has 0 radical (unpaired) electrons. The van der Waals surface area contributed by atoms with Gasteiger partial charge in [-0.25, -0.2) is 9.97 Å². The molecule has 2 aromatic carbocycles. The Hall–Kier alpha value is -1.84. The van der Waals surface area contributed by atoms with Gasteiger partial charge in [0.25, 0.3) is 0 Å². The summed E-state index contributed by atoms with van der Waals surface area (Å²) in [5.74, 6) is 0.794. The molecule has 0 amide bonds. The third kappa shape index (κ3) is 2.95. The van der Waals surface area contributed by atoms with Gasteiger partial charge in [0, 0.05) is 16.1 Å². The predicted molar refractivity (Wildman–Crippen MR) is 81.5 cm³/mol. The maximum atomic E-state index is 5.86. The number of para-hydroxylation sites is 1. The number of halogens is 2. The average Bonchev–Trinajstić information content (AvgIpc) is 2.42. The third-order valence-corrected chi connectivity index (χ3v) is 2.90. The van der Waals surface area contributed by atoms with E-state index in [1.165, 1.54) is 0 Å². The van der Waals surface area contributed by atoms with Crippen LogP contribution in [0, 0.1) is 0 Å². The standard InChI is InChI=1S/C14H10ClN3.ClH/c15-10-5-7-11(8-6-10)18-14-12-3-1-2-4-13(12)16-9-17-14;/h1-9H,(H,16,17,18);1H. The zero-order valence-electron chi connectivity index (χ0n) is 9.88. The summed E-state index contributed by atoms with van der Waals surface area (Å²) in [6.45, 7) is 0. The Labute approximate surface area is 122 Å². The van der Waals surface area contributed by atoms with Gasteiger partial charge in [0.2, 0.25) is 0 Å². The van der Waals surface area contributed by atoms with Crippen LogP contribution in [0.4, 0.5) is 11.5 Å². The highest BCUT2D eigenvalue weighted by molar-refractivity contribution is 6.30. The first-order chi connectivity index (χ1) is 8.83. The lowest BCUT2D eigenvalue weighted by molar-refractivity contribution is 1.22. The number of aromatic nitrogens is 2. The summed E-state index contributed by atoms with van der Waals surface area (Å²) >= 11 is 5.86. The van der Waals surface area contributed by atoms with E-state index < -0.39 is 0 Å². The van der Waals surface area contributed by atoms with Gasteiger partial charge >= 0.3 is 0 Å².